The standard InChI is InChI=1S/C48H72NO8P/c1-35(24-26-41-39(5)22-16-28-46(41,7)8)18-14-20-37(3)32-43(51)48(45(53)34-50,57-58(54,55)56-31-30-49(11,12)13)44(52)33-38(4)21-15-19-36(2)25-27-42-40(6)23-17-29-47(42,9)10/h14-15,18-21,24-27,32-33,45,50,53H,16-17,22-23,28-31,34H2,1-13H3/t45-,48?/m0/s1. The first kappa shape index (κ1) is 50.9. The number of hydrogen-bond acceptors (Lipinski definition) is 8. The van der Waals surface area contributed by atoms with Gasteiger partial charge in [-0.15, -0.1) is 0 Å². The molecule has 2 aliphatic rings. The Bertz CT molecular complexity index is 1750. The summed E-state index contributed by atoms with van der Waals surface area (Å²) in [5.74, 6) is -2.33. The lowest BCUT2D eigenvalue weighted by Gasteiger charge is -2.38. The second-order valence-corrected chi connectivity index (χ2v) is 19.7. The van der Waals surface area contributed by atoms with E-state index < -0.39 is 37.7 Å². The Hall–Kier alpha value is -3.27. The molecule has 9 nitrogen and oxygen atoms in total. The number of carbonyl (C=O) groups is 2. The molecule has 0 saturated heterocycles. The number of carbonyl (C=O) groups excluding carboxylic acids is 2. The van der Waals surface area contributed by atoms with Crippen molar-refractivity contribution >= 4 is 19.4 Å². The molecule has 1 unspecified atom stereocenters. The van der Waals surface area contributed by atoms with Crippen LogP contribution in [0.2, 0.25) is 0 Å². The molecule has 0 bridgehead atoms. The van der Waals surface area contributed by atoms with E-state index >= 15 is 0 Å². The predicted octanol–water partition coefficient (Wildman–Crippen LogP) is 9.49. The van der Waals surface area contributed by atoms with E-state index in [0.29, 0.717) is 15.6 Å². The molecule has 322 valence electrons. The van der Waals surface area contributed by atoms with Crippen LogP contribution in [-0.4, -0.2) is 78.9 Å². The van der Waals surface area contributed by atoms with Gasteiger partial charge in [-0.25, -0.2) is 0 Å². The molecule has 0 amide bonds. The van der Waals surface area contributed by atoms with Gasteiger partial charge in [-0.1, -0.05) is 111 Å². The van der Waals surface area contributed by atoms with Gasteiger partial charge in [0.15, 0.2) is 11.6 Å². The molecule has 2 atom stereocenters. The summed E-state index contributed by atoms with van der Waals surface area (Å²) in [6, 6.07) is 0. The third-order valence-corrected chi connectivity index (χ3v) is 11.9. The number of hydrogen-bond donors (Lipinski definition) is 2. The van der Waals surface area contributed by atoms with E-state index in [1.54, 1.807) is 38.2 Å². The Morgan fingerprint density at radius 1 is 0.793 bits per heavy atom. The molecule has 0 fully saturated rings. The SMILES string of the molecule is CC(C=CC1=C(C)CCCC1(C)C)=CC=CC(C)=CC(=O)C(OP(=O)([O-])OCC[N+](C)(C)C)(C(=O)C=C(C)C=CC=C(C)C=CC1=C(C)CCCC1(C)C)[C@@H](O)CO. The molecule has 0 spiro atoms. The number of aliphatic hydroxyl groups excluding tert-OH is 2. The van der Waals surface area contributed by atoms with Crippen LogP contribution < -0.4 is 4.89 Å². The predicted molar refractivity (Wildman–Crippen MR) is 236 cm³/mol. The van der Waals surface area contributed by atoms with Crippen molar-refractivity contribution in [2.75, 3.05) is 40.9 Å². The molecule has 2 rings (SSSR count). The fraction of sp³-hybridized carbons (Fsp3) is 0.542. The van der Waals surface area contributed by atoms with Crippen LogP contribution in [0.3, 0.4) is 0 Å². The quantitative estimate of drug-likeness (QED) is 0.0408. The molecule has 0 saturated carbocycles. The molecule has 0 radical (unpaired) electrons. The molecule has 0 aromatic heterocycles. The Balaban J connectivity index is 2.49. The van der Waals surface area contributed by atoms with Gasteiger partial charge in [0.2, 0.25) is 5.60 Å². The maximum Gasteiger partial charge on any atom is 0.269 e. The summed E-state index contributed by atoms with van der Waals surface area (Å²) in [4.78, 5) is 41.5. The molecule has 0 heterocycles. The number of allylic oxidation sites excluding steroid dienone is 18. The van der Waals surface area contributed by atoms with Crippen LogP contribution in [0.4, 0.5) is 0 Å². The first-order valence-electron chi connectivity index (χ1n) is 20.4. The maximum absolute atomic E-state index is 14.1. The van der Waals surface area contributed by atoms with E-state index in [-0.39, 0.29) is 24.0 Å². The first-order chi connectivity index (χ1) is 26.8. The van der Waals surface area contributed by atoms with Crippen molar-refractivity contribution in [1.82, 2.24) is 0 Å². The second-order valence-electron chi connectivity index (χ2n) is 18.4. The van der Waals surface area contributed by atoms with Crippen molar-refractivity contribution in [3.63, 3.8) is 0 Å². The average molecular weight is 822 g/mol. The minimum absolute atomic E-state index is 0.103. The van der Waals surface area contributed by atoms with Crippen LogP contribution in [0, 0.1) is 10.8 Å². The highest BCUT2D eigenvalue weighted by Crippen LogP contribution is 2.46. The van der Waals surface area contributed by atoms with Gasteiger partial charge in [0.25, 0.3) is 7.82 Å². The molecule has 58 heavy (non-hydrogen) atoms. The van der Waals surface area contributed by atoms with Crippen LogP contribution >= 0.6 is 7.82 Å². The van der Waals surface area contributed by atoms with Crippen LogP contribution in [0.5, 0.6) is 0 Å². The van der Waals surface area contributed by atoms with Gasteiger partial charge < -0.3 is 24.1 Å². The normalized spacial score (nSPS) is 21.7. The topological polar surface area (TPSA) is 133 Å². The largest absolute Gasteiger partial charge is 0.756 e. The molecular weight excluding hydrogens is 750 g/mol. The highest BCUT2D eigenvalue weighted by Gasteiger charge is 2.53. The zero-order valence-electron chi connectivity index (χ0n) is 37.6. The number of likely N-dealkylation sites (N-methyl/N-ethyl adjacent to an activating group) is 1. The molecule has 2 N–H and O–H groups in total. The third-order valence-electron chi connectivity index (χ3n) is 10.9. The fourth-order valence-corrected chi connectivity index (χ4v) is 8.36. The highest BCUT2D eigenvalue weighted by molar-refractivity contribution is 7.46. The van der Waals surface area contributed by atoms with Gasteiger partial charge in [0.05, 0.1) is 27.7 Å². The van der Waals surface area contributed by atoms with E-state index in [1.807, 2.05) is 59.3 Å². The summed E-state index contributed by atoms with van der Waals surface area (Å²) in [6.07, 6.45) is 25.5. The minimum Gasteiger partial charge on any atom is -0.756 e. The summed E-state index contributed by atoms with van der Waals surface area (Å²) in [5.41, 5.74) is 5.23. The molecule has 0 aliphatic heterocycles. The number of rotatable bonds is 20. The van der Waals surface area contributed by atoms with Crippen LogP contribution in [0.1, 0.15) is 108 Å². The Labute approximate surface area is 349 Å². The second kappa shape index (κ2) is 21.8. The Morgan fingerprint density at radius 2 is 1.21 bits per heavy atom. The smallest absolute Gasteiger partial charge is 0.269 e. The van der Waals surface area contributed by atoms with E-state index in [2.05, 4.69) is 53.7 Å². The maximum atomic E-state index is 14.1. The highest BCUT2D eigenvalue weighted by atomic mass is 31.2. The van der Waals surface area contributed by atoms with Crippen LogP contribution in [0.25, 0.3) is 0 Å². The van der Waals surface area contributed by atoms with E-state index in [9.17, 15) is 29.3 Å². The fourth-order valence-electron chi connectivity index (χ4n) is 7.35. The third kappa shape index (κ3) is 15.7. The zero-order valence-corrected chi connectivity index (χ0v) is 38.5. The van der Waals surface area contributed by atoms with Gasteiger partial charge in [0.1, 0.15) is 19.3 Å². The van der Waals surface area contributed by atoms with E-state index in [0.717, 1.165) is 49.0 Å². The summed E-state index contributed by atoms with van der Waals surface area (Å²) < 4.78 is 24.0. The Morgan fingerprint density at radius 3 is 1.57 bits per heavy atom. The molecule has 0 aromatic rings. The van der Waals surface area contributed by atoms with Crippen molar-refractivity contribution in [2.24, 2.45) is 10.8 Å². The van der Waals surface area contributed by atoms with Gasteiger partial charge in [0, 0.05) is 0 Å². The first-order valence-corrected chi connectivity index (χ1v) is 21.9. The van der Waals surface area contributed by atoms with Gasteiger partial charge >= 0.3 is 0 Å². The molecule has 0 aromatic carbocycles. The van der Waals surface area contributed by atoms with Crippen molar-refractivity contribution in [3.05, 3.63) is 117 Å². The van der Waals surface area contributed by atoms with E-state index in [4.69, 9.17) is 9.05 Å². The molecule has 10 heteroatoms. The Kier molecular flexibility index (Phi) is 19.1. The summed E-state index contributed by atoms with van der Waals surface area (Å²) >= 11 is 0. The number of ketones is 2. The molecular formula is C48H72NO8P. The van der Waals surface area contributed by atoms with Crippen molar-refractivity contribution in [3.8, 4) is 0 Å². The number of nitrogens with zero attached hydrogens (tertiary/aromatic N) is 1. The average Bonchev–Trinajstić information content (AvgIpc) is 3.08. The molecule has 2 aliphatic carbocycles. The van der Waals surface area contributed by atoms with Gasteiger partial charge in [-0.05, 0) is 125 Å². The number of phosphoric acid groups is 1. The lowest BCUT2D eigenvalue weighted by molar-refractivity contribution is -0.870. The van der Waals surface area contributed by atoms with Crippen molar-refractivity contribution < 1.29 is 42.8 Å². The summed E-state index contributed by atoms with van der Waals surface area (Å²) in [5, 5.41) is 21.3. The monoisotopic (exact) mass is 821 g/mol. The number of quaternary nitrogens is 1. The summed E-state index contributed by atoms with van der Waals surface area (Å²) in [6.45, 7) is 19.3. The summed E-state index contributed by atoms with van der Waals surface area (Å²) in [7, 11) is 0.0963. The lowest BCUT2D eigenvalue weighted by Crippen LogP contribution is -2.58. The van der Waals surface area contributed by atoms with Crippen molar-refractivity contribution in [2.45, 2.75) is 119 Å². The van der Waals surface area contributed by atoms with Crippen LogP contribution in [-0.2, 0) is 23.2 Å². The van der Waals surface area contributed by atoms with Gasteiger partial charge in [-0.2, -0.15) is 0 Å². The van der Waals surface area contributed by atoms with Gasteiger partial charge in [-0.3, -0.25) is 18.7 Å². The van der Waals surface area contributed by atoms with Crippen molar-refractivity contribution in [1.29, 1.82) is 0 Å². The van der Waals surface area contributed by atoms with E-state index in [1.165, 1.54) is 35.1 Å². The van der Waals surface area contributed by atoms with Crippen LogP contribution in [0.15, 0.2) is 117 Å². The number of aliphatic hydroxyl groups is 2. The zero-order chi connectivity index (χ0) is 44.1. The lowest BCUT2D eigenvalue weighted by atomic mass is 9.72. The number of phosphoric ester groups is 1. The minimum atomic E-state index is -5.41.